The minimum Gasteiger partial charge on any atom is -0.494 e. The molecule has 0 aliphatic heterocycles. The van der Waals surface area contributed by atoms with Crippen LogP contribution in [0.2, 0.25) is 0 Å². The summed E-state index contributed by atoms with van der Waals surface area (Å²) in [5.41, 5.74) is 14.0. The lowest BCUT2D eigenvalue weighted by molar-refractivity contribution is 0.266. The maximum Gasteiger partial charge on any atom is 0.119 e. The number of rotatable bonds is 16. The SMILES string of the molecule is C=C(OCCCCCCCCOc1ccc(/C=C(\C#N)c2ccc(C)cc2)cc1)c1cc(N)cc(Cc2ccccc2)c1.CC. The maximum absolute atomic E-state index is 9.58. The zero-order valence-corrected chi connectivity index (χ0v) is 27.2. The number of ether oxygens (including phenoxy) is 2. The van der Waals surface area contributed by atoms with Crippen LogP contribution in [0.4, 0.5) is 5.69 Å². The van der Waals surface area contributed by atoms with Gasteiger partial charge in [-0.1, -0.05) is 118 Å². The van der Waals surface area contributed by atoms with Crippen LogP contribution in [0, 0.1) is 18.3 Å². The summed E-state index contributed by atoms with van der Waals surface area (Å²) in [5, 5.41) is 9.58. The van der Waals surface area contributed by atoms with Crippen LogP contribution in [-0.4, -0.2) is 13.2 Å². The Hall–Kier alpha value is -4.75. The highest BCUT2D eigenvalue weighted by atomic mass is 16.5. The summed E-state index contributed by atoms with van der Waals surface area (Å²) in [7, 11) is 0. The number of hydrogen-bond donors (Lipinski definition) is 1. The molecule has 0 saturated heterocycles. The van der Waals surface area contributed by atoms with Crippen molar-refractivity contribution in [1.29, 1.82) is 5.26 Å². The lowest BCUT2D eigenvalue weighted by atomic mass is 10.0. The normalized spacial score (nSPS) is 10.8. The van der Waals surface area contributed by atoms with Crippen LogP contribution in [-0.2, 0) is 11.2 Å². The number of nitrogens with zero attached hydrogens (tertiary/aromatic N) is 1. The molecule has 0 unspecified atom stereocenters. The molecule has 0 amide bonds. The van der Waals surface area contributed by atoms with E-state index in [4.69, 9.17) is 15.2 Å². The van der Waals surface area contributed by atoms with Gasteiger partial charge in [-0.15, -0.1) is 0 Å². The van der Waals surface area contributed by atoms with Crippen LogP contribution >= 0.6 is 0 Å². The molecule has 0 bridgehead atoms. The number of benzene rings is 4. The first kappa shape index (κ1) is 34.7. The molecule has 0 atom stereocenters. The summed E-state index contributed by atoms with van der Waals surface area (Å²) < 4.78 is 11.9. The second kappa shape index (κ2) is 19.5. The Balaban J connectivity index is 0.00000271. The van der Waals surface area contributed by atoms with Crippen molar-refractivity contribution in [1.82, 2.24) is 0 Å². The molecule has 45 heavy (non-hydrogen) atoms. The van der Waals surface area contributed by atoms with Gasteiger partial charge < -0.3 is 15.2 Å². The van der Waals surface area contributed by atoms with Crippen LogP contribution in [0.3, 0.4) is 0 Å². The van der Waals surface area contributed by atoms with Crippen LogP contribution in [0.1, 0.15) is 85.8 Å². The van der Waals surface area contributed by atoms with E-state index in [0.29, 0.717) is 24.5 Å². The van der Waals surface area contributed by atoms with E-state index in [1.54, 1.807) is 0 Å². The Bertz CT molecular complexity index is 1520. The van der Waals surface area contributed by atoms with Gasteiger partial charge in [-0.05, 0) is 84.8 Å². The molecule has 0 aliphatic carbocycles. The molecule has 4 rings (SSSR count). The standard InChI is InChI=1S/C39H42N2O2.C2H6/c1-30-14-18-35(19-15-30)37(29-40)25-33-16-20-39(21-17-33)43-23-11-6-4-3-5-10-22-42-31(2)36-26-34(27-38(41)28-36)24-32-12-8-7-9-13-32;1-2/h7-9,12-21,25-28H,2-6,10-11,22-24,41H2,1H3;1-2H3/b37-25+;. The zero-order chi connectivity index (χ0) is 32.3. The van der Waals surface area contributed by atoms with Crippen molar-refractivity contribution in [3.8, 4) is 11.8 Å². The molecule has 0 aliphatic rings. The van der Waals surface area contributed by atoms with Gasteiger partial charge in [0, 0.05) is 11.3 Å². The molecule has 0 saturated carbocycles. The van der Waals surface area contributed by atoms with E-state index in [2.05, 4.69) is 43.0 Å². The summed E-state index contributed by atoms with van der Waals surface area (Å²) in [6.45, 7) is 11.5. The van der Waals surface area contributed by atoms with Gasteiger partial charge in [0.1, 0.15) is 11.5 Å². The molecule has 4 aromatic carbocycles. The second-order valence-corrected chi connectivity index (χ2v) is 11.0. The number of nitrogens with two attached hydrogens (primary N) is 1. The van der Waals surface area contributed by atoms with Gasteiger partial charge in [-0.3, -0.25) is 0 Å². The van der Waals surface area contributed by atoms with Crippen molar-refractivity contribution in [2.45, 2.75) is 65.7 Å². The quantitative estimate of drug-likeness (QED) is 0.0457. The number of allylic oxidation sites excluding steroid dienone is 1. The third-order valence-electron chi connectivity index (χ3n) is 7.35. The Kier molecular flexibility index (Phi) is 15.1. The summed E-state index contributed by atoms with van der Waals surface area (Å²) >= 11 is 0. The van der Waals surface area contributed by atoms with Gasteiger partial charge in [0.2, 0.25) is 0 Å². The van der Waals surface area contributed by atoms with Gasteiger partial charge in [-0.25, -0.2) is 0 Å². The summed E-state index contributed by atoms with van der Waals surface area (Å²) in [4.78, 5) is 0. The topological polar surface area (TPSA) is 68.3 Å². The van der Waals surface area contributed by atoms with E-state index in [1.807, 2.05) is 93.6 Å². The maximum atomic E-state index is 9.58. The third kappa shape index (κ3) is 12.4. The highest BCUT2D eigenvalue weighted by Gasteiger charge is 2.06. The third-order valence-corrected chi connectivity index (χ3v) is 7.35. The summed E-state index contributed by atoms with van der Waals surface area (Å²) in [6, 6.07) is 34.7. The lowest BCUT2D eigenvalue weighted by Crippen LogP contribution is -1.99. The molecule has 4 heteroatoms. The van der Waals surface area contributed by atoms with E-state index >= 15 is 0 Å². The fourth-order valence-electron chi connectivity index (χ4n) is 4.93. The molecule has 4 nitrogen and oxygen atoms in total. The van der Waals surface area contributed by atoms with E-state index in [1.165, 1.54) is 24.0 Å². The molecule has 4 aromatic rings. The fraction of sp³-hybridized carbons (Fsp3) is 0.293. The number of unbranched alkanes of at least 4 members (excludes halogenated alkanes) is 5. The number of nitriles is 1. The first-order chi connectivity index (χ1) is 22.0. The molecule has 0 aromatic heterocycles. The van der Waals surface area contributed by atoms with Crippen molar-refractivity contribution in [3.05, 3.63) is 137 Å². The highest BCUT2D eigenvalue weighted by molar-refractivity contribution is 5.89. The van der Waals surface area contributed by atoms with Crippen molar-refractivity contribution < 1.29 is 9.47 Å². The van der Waals surface area contributed by atoms with Gasteiger partial charge in [-0.2, -0.15) is 5.26 Å². The minimum atomic E-state index is 0.652. The van der Waals surface area contributed by atoms with Gasteiger partial charge in [0.15, 0.2) is 0 Å². The van der Waals surface area contributed by atoms with E-state index in [-0.39, 0.29) is 0 Å². The number of aryl methyl sites for hydroxylation is 1. The van der Waals surface area contributed by atoms with Crippen LogP contribution < -0.4 is 10.5 Å². The summed E-state index contributed by atoms with van der Waals surface area (Å²) in [6.07, 6.45) is 9.42. The largest absolute Gasteiger partial charge is 0.494 e. The van der Waals surface area contributed by atoms with E-state index in [9.17, 15) is 5.26 Å². The Morgan fingerprint density at radius 3 is 2.07 bits per heavy atom. The first-order valence-electron chi connectivity index (χ1n) is 16.2. The van der Waals surface area contributed by atoms with Crippen molar-refractivity contribution in [3.63, 3.8) is 0 Å². The van der Waals surface area contributed by atoms with E-state index < -0.39 is 0 Å². The van der Waals surface area contributed by atoms with Crippen molar-refractivity contribution >= 4 is 23.1 Å². The molecular formula is C41H48N2O2. The lowest BCUT2D eigenvalue weighted by Gasteiger charge is -2.12. The summed E-state index contributed by atoms with van der Waals surface area (Å²) in [5.74, 6) is 1.54. The molecule has 0 fully saturated rings. The molecule has 0 radical (unpaired) electrons. The first-order valence-corrected chi connectivity index (χ1v) is 16.2. The predicted octanol–water partition coefficient (Wildman–Crippen LogP) is 10.7. The van der Waals surface area contributed by atoms with Crippen LogP contribution in [0.15, 0.2) is 104 Å². The molecule has 234 valence electrons. The smallest absolute Gasteiger partial charge is 0.119 e. The van der Waals surface area contributed by atoms with Gasteiger partial charge in [0.05, 0.1) is 24.9 Å². The van der Waals surface area contributed by atoms with Crippen molar-refractivity contribution in [2.24, 2.45) is 0 Å². The van der Waals surface area contributed by atoms with Crippen molar-refractivity contribution in [2.75, 3.05) is 18.9 Å². The molecule has 2 N–H and O–H groups in total. The predicted molar refractivity (Wildman–Crippen MR) is 191 cm³/mol. The monoisotopic (exact) mass is 600 g/mol. The zero-order valence-electron chi connectivity index (χ0n) is 27.2. The average Bonchev–Trinajstić information content (AvgIpc) is 3.06. The fourth-order valence-corrected chi connectivity index (χ4v) is 4.93. The minimum absolute atomic E-state index is 0.652. The van der Waals surface area contributed by atoms with E-state index in [0.717, 1.165) is 65.8 Å². The number of hydrogen-bond acceptors (Lipinski definition) is 4. The van der Waals surface area contributed by atoms with Crippen LogP contribution in [0.25, 0.3) is 17.4 Å². The average molecular weight is 601 g/mol. The number of nitrogen functional groups attached to an aromatic ring is 1. The number of anilines is 1. The van der Waals surface area contributed by atoms with Gasteiger partial charge >= 0.3 is 0 Å². The second-order valence-electron chi connectivity index (χ2n) is 11.0. The Morgan fingerprint density at radius 1 is 0.756 bits per heavy atom. The Morgan fingerprint density at radius 2 is 1.40 bits per heavy atom. The highest BCUT2D eigenvalue weighted by Crippen LogP contribution is 2.23. The van der Waals surface area contributed by atoms with Gasteiger partial charge in [0.25, 0.3) is 0 Å². The molecular weight excluding hydrogens is 552 g/mol. The molecule has 0 heterocycles. The Labute approximate surface area is 270 Å². The molecule has 0 spiro atoms. The van der Waals surface area contributed by atoms with Crippen LogP contribution in [0.5, 0.6) is 5.75 Å².